The molecule has 0 heterocycles. The molecular weight excluding hydrogens is 249 g/mol. The Morgan fingerprint density at radius 3 is 2.74 bits per heavy atom. The molecule has 0 radical (unpaired) electrons. The van der Waals surface area contributed by atoms with E-state index < -0.39 is 4.92 Å². The van der Waals surface area contributed by atoms with E-state index in [1.54, 1.807) is 30.3 Å². The van der Waals surface area contributed by atoms with Crippen LogP contribution in [-0.4, -0.2) is 11.1 Å². The lowest BCUT2D eigenvalue weighted by Gasteiger charge is -2.00. The van der Waals surface area contributed by atoms with E-state index in [1.165, 1.54) is 24.4 Å². The summed E-state index contributed by atoms with van der Waals surface area (Å²) in [5.74, 6) is -0.382. The first-order valence-corrected chi connectivity index (χ1v) is 5.45. The first kappa shape index (κ1) is 12.7. The zero-order chi connectivity index (χ0) is 13.7. The van der Waals surface area contributed by atoms with Crippen LogP contribution >= 0.6 is 0 Å². The fourth-order valence-corrected chi connectivity index (χ4v) is 1.45. The highest BCUT2D eigenvalue weighted by Gasteiger charge is 2.04. The van der Waals surface area contributed by atoms with Gasteiger partial charge in [-0.2, -0.15) is 5.10 Å². The molecule has 0 aliphatic rings. The number of hydrogen-bond donors (Lipinski definition) is 1. The number of nitrogens with zero attached hydrogens (tertiary/aromatic N) is 2. The molecule has 0 spiro atoms. The zero-order valence-electron chi connectivity index (χ0n) is 9.79. The summed E-state index contributed by atoms with van der Waals surface area (Å²) in [6.07, 6.45) is 1.31. The highest BCUT2D eigenvalue weighted by molar-refractivity contribution is 5.80. The van der Waals surface area contributed by atoms with Crippen molar-refractivity contribution in [3.05, 3.63) is 70.0 Å². The molecule has 2 aromatic carbocycles. The van der Waals surface area contributed by atoms with Crippen molar-refractivity contribution in [1.29, 1.82) is 0 Å². The van der Waals surface area contributed by atoms with Crippen LogP contribution in [0.2, 0.25) is 0 Å². The van der Waals surface area contributed by atoms with Crippen LogP contribution in [0, 0.1) is 15.9 Å². The molecule has 5 nitrogen and oxygen atoms in total. The van der Waals surface area contributed by atoms with Crippen molar-refractivity contribution in [3.8, 4) is 0 Å². The highest BCUT2D eigenvalue weighted by atomic mass is 19.1. The van der Waals surface area contributed by atoms with E-state index in [1.807, 2.05) is 0 Å². The molecule has 0 amide bonds. The van der Waals surface area contributed by atoms with Crippen molar-refractivity contribution < 1.29 is 9.31 Å². The SMILES string of the molecule is O=[N+]([O-])c1cccc(N/N=C/c2ccccc2F)c1. The third kappa shape index (κ3) is 3.35. The Bertz CT molecular complexity index is 629. The minimum Gasteiger partial charge on any atom is -0.278 e. The molecule has 0 atom stereocenters. The van der Waals surface area contributed by atoms with Gasteiger partial charge in [0.05, 0.1) is 16.8 Å². The molecule has 0 aliphatic carbocycles. The molecule has 0 bridgehead atoms. The van der Waals surface area contributed by atoms with Gasteiger partial charge in [-0.3, -0.25) is 15.5 Å². The van der Waals surface area contributed by atoms with Gasteiger partial charge in [0.25, 0.3) is 5.69 Å². The minimum absolute atomic E-state index is 0.0360. The van der Waals surface area contributed by atoms with E-state index >= 15 is 0 Å². The van der Waals surface area contributed by atoms with Crippen LogP contribution in [0.25, 0.3) is 0 Å². The second-order valence-electron chi connectivity index (χ2n) is 3.70. The van der Waals surface area contributed by atoms with Crippen LogP contribution in [0.3, 0.4) is 0 Å². The summed E-state index contributed by atoms with van der Waals surface area (Å²) in [4.78, 5) is 10.1. The molecule has 0 aliphatic heterocycles. The molecule has 0 aromatic heterocycles. The topological polar surface area (TPSA) is 67.5 Å². The molecule has 96 valence electrons. The number of halogens is 1. The Hall–Kier alpha value is -2.76. The van der Waals surface area contributed by atoms with E-state index in [-0.39, 0.29) is 11.5 Å². The fourth-order valence-electron chi connectivity index (χ4n) is 1.45. The number of non-ortho nitro benzene ring substituents is 1. The molecule has 1 N–H and O–H groups in total. The van der Waals surface area contributed by atoms with Gasteiger partial charge in [0, 0.05) is 17.7 Å². The minimum atomic E-state index is -0.494. The predicted octanol–water partition coefficient (Wildman–Crippen LogP) is 3.18. The van der Waals surface area contributed by atoms with Crippen molar-refractivity contribution in [2.45, 2.75) is 0 Å². The number of hydrazone groups is 1. The van der Waals surface area contributed by atoms with Gasteiger partial charge in [0.1, 0.15) is 5.82 Å². The summed E-state index contributed by atoms with van der Waals surface area (Å²) >= 11 is 0. The van der Waals surface area contributed by atoms with Gasteiger partial charge in [0.2, 0.25) is 0 Å². The zero-order valence-corrected chi connectivity index (χ0v) is 9.79. The Balaban J connectivity index is 2.09. The number of nitro benzene ring substituents is 1. The van der Waals surface area contributed by atoms with Crippen molar-refractivity contribution in [1.82, 2.24) is 0 Å². The number of hydrogen-bond acceptors (Lipinski definition) is 4. The Kier molecular flexibility index (Phi) is 3.82. The lowest BCUT2D eigenvalue weighted by atomic mass is 10.2. The van der Waals surface area contributed by atoms with Crippen LogP contribution in [0.4, 0.5) is 15.8 Å². The summed E-state index contributed by atoms with van der Waals surface area (Å²) in [6.45, 7) is 0. The molecule has 2 rings (SSSR count). The smallest absolute Gasteiger partial charge is 0.271 e. The first-order chi connectivity index (χ1) is 9.16. The Labute approximate surface area is 108 Å². The van der Waals surface area contributed by atoms with E-state index in [0.29, 0.717) is 11.3 Å². The Morgan fingerprint density at radius 1 is 1.21 bits per heavy atom. The number of benzene rings is 2. The normalized spacial score (nSPS) is 10.6. The van der Waals surface area contributed by atoms with E-state index in [9.17, 15) is 14.5 Å². The molecule has 0 saturated carbocycles. The molecule has 0 saturated heterocycles. The molecular formula is C13H10FN3O2. The molecule has 0 unspecified atom stereocenters. The second kappa shape index (κ2) is 5.72. The van der Waals surface area contributed by atoms with Crippen LogP contribution < -0.4 is 5.43 Å². The predicted molar refractivity (Wildman–Crippen MR) is 70.7 cm³/mol. The summed E-state index contributed by atoms with van der Waals surface area (Å²) in [5.41, 5.74) is 3.37. The number of nitro groups is 1. The summed E-state index contributed by atoms with van der Waals surface area (Å²) in [5, 5.41) is 14.4. The van der Waals surface area contributed by atoms with Crippen LogP contribution in [-0.2, 0) is 0 Å². The van der Waals surface area contributed by atoms with Gasteiger partial charge in [-0.05, 0) is 12.1 Å². The number of anilines is 1. The van der Waals surface area contributed by atoms with Crippen molar-refractivity contribution in [3.63, 3.8) is 0 Å². The van der Waals surface area contributed by atoms with Gasteiger partial charge in [-0.1, -0.05) is 24.3 Å². The van der Waals surface area contributed by atoms with Crippen molar-refractivity contribution in [2.75, 3.05) is 5.43 Å². The van der Waals surface area contributed by atoms with Gasteiger partial charge >= 0.3 is 0 Å². The fraction of sp³-hybridized carbons (Fsp3) is 0. The monoisotopic (exact) mass is 259 g/mol. The van der Waals surface area contributed by atoms with Gasteiger partial charge in [-0.15, -0.1) is 0 Å². The standard InChI is InChI=1S/C13H10FN3O2/c14-13-7-2-1-4-10(13)9-15-16-11-5-3-6-12(8-11)17(18)19/h1-9,16H/b15-9+. The molecule has 2 aromatic rings. The van der Waals surface area contributed by atoms with Crippen LogP contribution in [0.1, 0.15) is 5.56 Å². The van der Waals surface area contributed by atoms with Crippen molar-refractivity contribution in [2.24, 2.45) is 5.10 Å². The second-order valence-corrected chi connectivity index (χ2v) is 3.70. The lowest BCUT2D eigenvalue weighted by Crippen LogP contribution is -1.94. The van der Waals surface area contributed by atoms with Gasteiger partial charge in [-0.25, -0.2) is 4.39 Å². The third-order valence-corrected chi connectivity index (χ3v) is 2.36. The average molecular weight is 259 g/mol. The molecule has 19 heavy (non-hydrogen) atoms. The number of nitrogens with one attached hydrogen (secondary N) is 1. The number of rotatable bonds is 4. The van der Waals surface area contributed by atoms with Gasteiger partial charge < -0.3 is 0 Å². The maximum atomic E-state index is 13.3. The van der Waals surface area contributed by atoms with Crippen molar-refractivity contribution >= 4 is 17.6 Å². The van der Waals surface area contributed by atoms with E-state index in [2.05, 4.69) is 10.5 Å². The quantitative estimate of drug-likeness (QED) is 0.521. The summed E-state index contributed by atoms with van der Waals surface area (Å²) < 4.78 is 13.3. The van der Waals surface area contributed by atoms with Crippen LogP contribution in [0.15, 0.2) is 53.6 Å². The maximum Gasteiger partial charge on any atom is 0.271 e. The maximum absolute atomic E-state index is 13.3. The average Bonchev–Trinajstić information content (AvgIpc) is 2.41. The largest absolute Gasteiger partial charge is 0.278 e. The lowest BCUT2D eigenvalue weighted by molar-refractivity contribution is -0.384. The van der Waals surface area contributed by atoms with E-state index in [0.717, 1.165) is 0 Å². The highest BCUT2D eigenvalue weighted by Crippen LogP contribution is 2.16. The summed E-state index contributed by atoms with van der Waals surface area (Å²) in [6, 6.07) is 12.1. The summed E-state index contributed by atoms with van der Waals surface area (Å²) in [7, 11) is 0. The Morgan fingerprint density at radius 2 is 2.00 bits per heavy atom. The molecule has 0 fully saturated rings. The van der Waals surface area contributed by atoms with Gasteiger partial charge in [0.15, 0.2) is 0 Å². The third-order valence-electron chi connectivity index (χ3n) is 2.36. The molecule has 6 heteroatoms. The van der Waals surface area contributed by atoms with Crippen LogP contribution in [0.5, 0.6) is 0 Å². The van der Waals surface area contributed by atoms with E-state index in [4.69, 9.17) is 0 Å². The first-order valence-electron chi connectivity index (χ1n) is 5.45.